The maximum absolute atomic E-state index is 12.3. The van der Waals surface area contributed by atoms with Gasteiger partial charge in [-0.3, -0.25) is 4.79 Å². The van der Waals surface area contributed by atoms with Crippen LogP contribution in [0.4, 0.5) is 0 Å². The minimum atomic E-state index is -3.53. The Morgan fingerprint density at radius 3 is 2.30 bits per heavy atom. The molecule has 0 aromatic heterocycles. The van der Waals surface area contributed by atoms with Crippen molar-refractivity contribution in [1.82, 2.24) is 4.90 Å². The van der Waals surface area contributed by atoms with Gasteiger partial charge < -0.3 is 13.8 Å². The SMILES string of the molecule is COCCN(Cc1ccc(OS(C)(=O)=O)cc1)C(=O)CC(C)C. The number of benzene rings is 1. The van der Waals surface area contributed by atoms with E-state index in [2.05, 4.69) is 0 Å². The number of carbonyl (C=O) groups is 1. The number of carbonyl (C=O) groups excluding carboxylic acids is 1. The molecule has 0 aliphatic carbocycles. The van der Waals surface area contributed by atoms with Gasteiger partial charge in [0.25, 0.3) is 0 Å². The standard InChI is InChI=1S/C16H25NO5S/c1-13(2)11-16(18)17(9-10-21-3)12-14-5-7-15(8-6-14)22-23(4,19)20/h5-8,13H,9-12H2,1-4H3. The summed E-state index contributed by atoms with van der Waals surface area (Å²) in [5.74, 6) is 0.625. The van der Waals surface area contributed by atoms with Crippen molar-refractivity contribution in [2.45, 2.75) is 26.8 Å². The highest BCUT2D eigenvalue weighted by molar-refractivity contribution is 7.86. The number of rotatable bonds is 9. The first-order valence-electron chi connectivity index (χ1n) is 7.46. The summed E-state index contributed by atoms with van der Waals surface area (Å²) < 4.78 is 32.0. The van der Waals surface area contributed by atoms with E-state index in [0.717, 1.165) is 11.8 Å². The zero-order valence-corrected chi connectivity index (χ0v) is 14.9. The van der Waals surface area contributed by atoms with E-state index in [1.807, 2.05) is 13.8 Å². The number of nitrogens with zero attached hydrogens (tertiary/aromatic N) is 1. The van der Waals surface area contributed by atoms with Gasteiger partial charge in [0, 0.05) is 26.6 Å². The molecule has 0 atom stereocenters. The zero-order valence-electron chi connectivity index (χ0n) is 14.1. The van der Waals surface area contributed by atoms with Crippen LogP contribution < -0.4 is 4.18 Å². The molecule has 0 bridgehead atoms. The quantitative estimate of drug-likeness (QED) is 0.642. The Hall–Kier alpha value is -1.60. The molecule has 0 heterocycles. The Labute approximate surface area is 138 Å². The van der Waals surface area contributed by atoms with E-state index in [-0.39, 0.29) is 17.6 Å². The van der Waals surface area contributed by atoms with Crippen molar-refractivity contribution in [3.05, 3.63) is 29.8 Å². The van der Waals surface area contributed by atoms with Gasteiger partial charge in [0.05, 0.1) is 12.9 Å². The van der Waals surface area contributed by atoms with Crippen LogP contribution in [0, 0.1) is 5.92 Å². The summed E-state index contributed by atoms with van der Waals surface area (Å²) in [5.41, 5.74) is 0.902. The van der Waals surface area contributed by atoms with Gasteiger partial charge in [0.1, 0.15) is 5.75 Å². The fourth-order valence-electron chi connectivity index (χ4n) is 2.02. The Morgan fingerprint density at radius 1 is 1.22 bits per heavy atom. The van der Waals surface area contributed by atoms with Crippen molar-refractivity contribution in [1.29, 1.82) is 0 Å². The molecule has 0 saturated carbocycles. The Bertz CT molecular complexity index is 595. The molecular formula is C16H25NO5S. The molecule has 0 saturated heterocycles. The number of methoxy groups -OCH3 is 1. The molecule has 1 aromatic carbocycles. The Morgan fingerprint density at radius 2 is 1.83 bits per heavy atom. The van der Waals surface area contributed by atoms with Crippen LogP contribution in [0.5, 0.6) is 5.75 Å². The highest BCUT2D eigenvalue weighted by Gasteiger charge is 2.15. The second-order valence-electron chi connectivity index (χ2n) is 5.84. The van der Waals surface area contributed by atoms with Gasteiger partial charge >= 0.3 is 10.1 Å². The van der Waals surface area contributed by atoms with Crippen LogP contribution >= 0.6 is 0 Å². The normalized spacial score (nSPS) is 11.5. The van der Waals surface area contributed by atoms with Crippen LogP contribution in [-0.4, -0.2) is 45.7 Å². The van der Waals surface area contributed by atoms with E-state index < -0.39 is 10.1 Å². The second-order valence-corrected chi connectivity index (χ2v) is 7.41. The fourth-order valence-corrected chi connectivity index (χ4v) is 2.48. The summed E-state index contributed by atoms with van der Waals surface area (Å²) in [5, 5.41) is 0. The highest BCUT2D eigenvalue weighted by atomic mass is 32.2. The molecule has 0 N–H and O–H groups in total. The lowest BCUT2D eigenvalue weighted by Crippen LogP contribution is -2.34. The molecule has 130 valence electrons. The average molecular weight is 343 g/mol. The molecule has 7 heteroatoms. The van der Waals surface area contributed by atoms with Crippen LogP contribution in [-0.2, 0) is 26.2 Å². The molecule has 0 unspecified atom stereocenters. The minimum absolute atomic E-state index is 0.0773. The van der Waals surface area contributed by atoms with Crippen molar-refractivity contribution in [3.8, 4) is 5.75 Å². The van der Waals surface area contributed by atoms with Crippen molar-refractivity contribution in [2.75, 3.05) is 26.5 Å². The van der Waals surface area contributed by atoms with Crippen molar-refractivity contribution >= 4 is 16.0 Å². The van der Waals surface area contributed by atoms with Crippen molar-refractivity contribution in [3.63, 3.8) is 0 Å². The van der Waals surface area contributed by atoms with Crippen LogP contribution in [0.15, 0.2) is 24.3 Å². The van der Waals surface area contributed by atoms with E-state index in [4.69, 9.17) is 8.92 Å². The van der Waals surface area contributed by atoms with Crippen molar-refractivity contribution < 1.29 is 22.1 Å². The van der Waals surface area contributed by atoms with E-state index in [1.54, 1.807) is 36.3 Å². The van der Waals surface area contributed by atoms with Crippen LogP contribution in [0.25, 0.3) is 0 Å². The summed E-state index contributed by atoms with van der Waals surface area (Å²) in [6.07, 6.45) is 1.48. The van der Waals surface area contributed by atoms with Gasteiger partial charge in [-0.25, -0.2) is 0 Å². The first-order chi connectivity index (χ1) is 10.7. The third-order valence-electron chi connectivity index (χ3n) is 3.05. The molecular weight excluding hydrogens is 318 g/mol. The Balaban J connectivity index is 2.76. The molecule has 0 fully saturated rings. The molecule has 6 nitrogen and oxygen atoms in total. The monoisotopic (exact) mass is 343 g/mol. The predicted molar refractivity (Wildman–Crippen MR) is 88.7 cm³/mol. The lowest BCUT2D eigenvalue weighted by atomic mass is 10.1. The summed E-state index contributed by atoms with van der Waals surface area (Å²) >= 11 is 0. The van der Waals surface area contributed by atoms with Crippen molar-refractivity contribution in [2.24, 2.45) is 5.92 Å². The Kier molecular flexibility index (Phi) is 7.51. The molecule has 0 radical (unpaired) electrons. The summed E-state index contributed by atoms with van der Waals surface area (Å²) in [6, 6.07) is 6.67. The second kappa shape index (κ2) is 8.88. The molecule has 1 amide bonds. The summed E-state index contributed by atoms with van der Waals surface area (Å²) in [4.78, 5) is 14.0. The first kappa shape index (κ1) is 19.4. The summed E-state index contributed by atoms with van der Waals surface area (Å²) in [6.45, 7) is 5.45. The van der Waals surface area contributed by atoms with E-state index in [9.17, 15) is 13.2 Å². The van der Waals surface area contributed by atoms with Gasteiger partial charge in [0.2, 0.25) is 5.91 Å². The lowest BCUT2D eigenvalue weighted by molar-refractivity contribution is -0.133. The van der Waals surface area contributed by atoms with Crippen LogP contribution in [0.1, 0.15) is 25.8 Å². The molecule has 1 rings (SSSR count). The smallest absolute Gasteiger partial charge is 0.306 e. The zero-order chi connectivity index (χ0) is 17.5. The number of ether oxygens (including phenoxy) is 1. The third kappa shape index (κ3) is 7.99. The number of hydrogen-bond acceptors (Lipinski definition) is 5. The van der Waals surface area contributed by atoms with Gasteiger partial charge in [-0.15, -0.1) is 0 Å². The maximum Gasteiger partial charge on any atom is 0.306 e. The fraction of sp³-hybridized carbons (Fsp3) is 0.562. The van der Waals surface area contributed by atoms with Gasteiger partial charge in [-0.05, 0) is 23.6 Å². The van der Waals surface area contributed by atoms with Gasteiger partial charge in [-0.2, -0.15) is 8.42 Å². The van der Waals surface area contributed by atoms with Crippen LogP contribution in [0.2, 0.25) is 0 Å². The number of amides is 1. The van der Waals surface area contributed by atoms with Gasteiger partial charge in [0.15, 0.2) is 0 Å². The lowest BCUT2D eigenvalue weighted by Gasteiger charge is -2.23. The highest BCUT2D eigenvalue weighted by Crippen LogP contribution is 2.16. The largest absolute Gasteiger partial charge is 0.383 e. The van der Waals surface area contributed by atoms with Crippen LogP contribution in [0.3, 0.4) is 0 Å². The van der Waals surface area contributed by atoms with E-state index >= 15 is 0 Å². The summed E-state index contributed by atoms with van der Waals surface area (Å²) in [7, 11) is -1.93. The predicted octanol–water partition coefficient (Wildman–Crippen LogP) is 2.05. The molecule has 23 heavy (non-hydrogen) atoms. The minimum Gasteiger partial charge on any atom is -0.383 e. The maximum atomic E-state index is 12.3. The molecule has 0 aliphatic rings. The molecule has 0 aliphatic heterocycles. The number of hydrogen-bond donors (Lipinski definition) is 0. The average Bonchev–Trinajstić information content (AvgIpc) is 2.42. The van der Waals surface area contributed by atoms with E-state index in [0.29, 0.717) is 26.1 Å². The first-order valence-corrected chi connectivity index (χ1v) is 9.28. The molecule has 0 spiro atoms. The third-order valence-corrected chi connectivity index (χ3v) is 3.54. The topological polar surface area (TPSA) is 72.9 Å². The van der Waals surface area contributed by atoms with E-state index in [1.165, 1.54) is 0 Å². The van der Waals surface area contributed by atoms with Gasteiger partial charge in [-0.1, -0.05) is 26.0 Å². The molecule has 1 aromatic rings.